The summed E-state index contributed by atoms with van der Waals surface area (Å²) in [6.45, 7) is 4.22. The predicted molar refractivity (Wildman–Crippen MR) is 64.9 cm³/mol. The standard InChI is InChI=1S/C12H20N2O/c1-3-4-5-9(2)15-12-8-10(13)6-7-11(12)14/h6-9H,3-5,13-14H2,1-2H3. The summed E-state index contributed by atoms with van der Waals surface area (Å²) >= 11 is 0. The molecule has 0 aliphatic heterocycles. The van der Waals surface area contributed by atoms with Crippen LogP contribution in [0.3, 0.4) is 0 Å². The zero-order valence-electron chi connectivity index (χ0n) is 9.49. The van der Waals surface area contributed by atoms with E-state index in [1.165, 1.54) is 12.8 Å². The van der Waals surface area contributed by atoms with Crippen molar-refractivity contribution >= 4 is 11.4 Å². The molecule has 0 amide bonds. The van der Waals surface area contributed by atoms with E-state index in [-0.39, 0.29) is 6.10 Å². The van der Waals surface area contributed by atoms with Crippen LogP contribution in [-0.4, -0.2) is 6.10 Å². The fourth-order valence-corrected chi connectivity index (χ4v) is 1.42. The summed E-state index contributed by atoms with van der Waals surface area (Å²) in [5.41, 5.74) is 12.8. The Morgan fingerprint density at radius 2 is 2.07 bits per heavy atom. The molecule has 4 N–H and O–H groups in total. The number of hydrogen-bond donors (Lipinski definition) is 2. The van der Waals surface area contributed by atoms with Crippen LogP contribution in [0.1, 0.15) is 33.1 Å². The van der Waals surface area contributed by atoms with Gasteiger partial charge in [-0.1, -0.05) is 19.8 Å². The Kier molecular flexibility index (Phi) is 4.28. The highest BCUT2D eigenvalue weighted by atomic mass is 16.5. The van der Waals surface area contributed by atoms with Gasteiger partial charge in [0.1, 0.15) is 5.75 Å². The second-order valence-corrected chi connectivity index (χ2v) is 3.87. The summed E-state index contributed by atoms with van der Waals surface area (Å²) in [5, 5.41) is 0. The number of hydrogen-bond acceptors (Lipinski definition) is 3. The van der Waals surface area contributed by atoms with Gasteiger partial charge >= 0.3 is 0 Å². The number of ether oxygens (including phenoxy) is 1. The van der Waals surface area contributed by atoms with Crippen molar-refractivity contribution in [2.24, 2.45) is 0 Å². The van der Waals surface area contributed by atoms with Gasteiger partial charge < -0.3 is 16.2 Å². The van der Waals surface area contributed by atoms with Gasteiger partial charge in [-0.05, 0) is 25.5 Å². The lowest BCUT2D eigenvalue weighted by atomic mass is 10.2. The maximum atomic E-state index is 5.79. The Bertz CT molecular complexity index is 312. The number of benzene rings is 1. The van der Waals surface area contributed by atoms with Crippen molar-refractivity contribution in [3.8, 4) is 5.75 Å². The maximum Gasteiger partial charge on any atom is 0.144 e. The molecule has 1 aromatic rings. The number of rotatable bonds is 5. The van der Waals surface area contributed by atoms with Crippen LogP contribution in [0, 0.1) is 0 Å². The number of unbranched alkanes of at least 4 members (excludes halogenated alkanes) is 1. The highest BCUT2D eigenvalue weighted by molar-refractivity contribution is 5.59. The zero-order chi connectivity index (χ0) is 11.3. The van der Waals surface area contributed by atoms with E-state index in [1.807, 2.05) is 0 Å². The van der Waals surface area contributed by atoms with Crippen LogP contribution in [0.5, 0.6) is 5.75 Å². The maximum absolute atomic E-state index is 5.79. The van der Waals surface area contributed by atoms with Gasteiger partial charge in [0, 0.05) is 11.8 Å². The first-order valence-corrected chi connectivity index (χ1v) is 5.45. The van der Waals surface area contributed by atoms with Gasteiger partial charge in [0.15, 0.2) is 0 Å². The van der Waals surface area contributed by atoms with Crippen molar-refractivity contribution in [3.63, 3.8) is 0 Å². The van der Waals surface area contributed by atoms with E-state index >= 15 is 0 Å². The molecular weight excluding hydrogens is 188 g/mol. The summed E-state index contributed by atoms with van der Waals surface area (Å²) in [5.74, 6) is 0.693. The van der Waals surface area contributed by atoms with Crippen LogP contribution in [0.2, 0.25) is 0 Å². The first-order chi connectivity index (χ1) is 7.13. The Hall–Kier alpha value is -1.38. The van der Waals surface area contributed by atoms with Gasteiger partial charge in [0.05, 0.1) is 11.8 Å². The second-order valence-electron chi connectivity index (χ2n) is 3.87. The summed E-state index contributed by atoms with van der Waals surface area (Å²) in [7, 11) is 0. The third kappa shape index (κ3) is 3.70. The van der Waals surface area contributed by atoms with Crippen LogP contribution in [0.4, 0.5) is 11.4 Å². The molecule has 0 saturated heterocycles. The minimum Gasteiger partial charge on any atom is -0.488 e. The monoisotopic (exact) mass is 208 g/mol. The molecule has 0 spiro atoms. The molecule has 1 rings (SSSR count). The van der Waals surface area contributed by atoms with Gasteiger partial charge in [0.25, 0.3) is 0 Å². The van der Waals surface area contributed by atoms with Crippen molar-refractivity contribution in [2.75, 3.05) is 11.5 Å². The quantitative estimate of drug-likeness (QED) is 0.731. The molecule has 1 unspecified atom stereocenters. The Morgan fingerprint density at radius 1 is 1.33 bits per heavy atom. The van der Waals surface area contributed by atoms with Crippen molar-refractivity contribution in [1.29, 1.82) is 0 Å². The van der Waals surface area contributed by atoms with E-state index in [2.05, 4.69) is 13.8 Å². The van der Waals surface area contributed by atoms with E-state index in [1.54, 1.807) is 18.2 Å². The molecular formula is C12H20N2O. The van der Waals surface area contributed by atoms with Gasteiger partial charge in [-0.3, -0.25) is 0 Å². The fraction of sp³-hybridized carbons (Fsp3) is 0.500. The third-order valence-electron chi connectivity index (χ3n) is 2.33. The summed E-state index contributed by atoms with van der Waals surface area (Å²) in [4.78, 5) is 0. The normalized spacial score (nSPS) is 12.4. The topological polar surface area (TPSA) is 61.3 Å². The molecule has 0 aromatic heterocycles. The lowest BCUT2D eigenvalue weighted by Gasteiger charge is -2.16. The van der Waals surface area contributed by atoms with Crippen LogP contribution in [0.15, 0.2) is 18.2 Å². The Morgan fingerprint density at radius 3 is 2.73 bits per heavy atom. The van der Waals surface area contributed by atoms with E-state index in [0.29, 0.717) is 17.1 Å². The molecule has 0 heterocycles. The first kappa shape index (κ1) is 11.7. The van der Waals surface area contributed by atoms with E-state index in [4.69, 9.17) is 16.2 Å². The van der Waals surface area contributed by atoms with Gasteiger partial charge in [-0.2, -0.15) is 0 Å². The van der Waals surface area contributed by atoms with Crippen molar-refractivity contribution in [2.45, 2.75) is 39.2 Å². The van der Waals surface area contributed by atoms with Crippen molar-refractivity contribution in [1.82, 2.24) is 0 Å². The fourth-order valence-electron chi connectivity index (χ4n) is 1.42. The molecule has 0 aliphatic carbocycles. The molecule has 0 fully saturated rings. The molecule has 1 aromatic carbocycles. The third-order valence-corrected chi connectivity index (χ3v) is 2.33. The SMILES string of the molecule is CCCCC(C)Oc1cc(N)ccc1N. The molecule has 1 atom stereocenters. The summed E-state index contributed by atoms with van der Waals surface area (Å²) in [6.07, 6.45) is 3.59. The van der Waals surface area contributed by atoms with E-state index in [0.717, 1.165) is 6.42 Å². The molecule has 15 heavy (non-hydrogen) atoms. The lowest BCUT2D eigenvalue weighted by Crippen LogP contribution is -2.12. The highest BCUT2D eigenvalue weighted by Gasteiger charge is 2.06. The molecule has 0 radical (unpaired) electrons. The zero-order valence-corrected chi connectivity index (χ0v) is 9.49. The van der Waals surface area contributed by atoms with Crippen molar-refractivity contribution < 1.29 is 4.74 Å². The number of nitrogens with two attached hydrogens (primary N) is 2. The Balaban J connectivity index is 2.59. The highest BCUT2D eigenvalue weighted by Crippen LogP contribution is 2.25. The second kappa shape index (κ2) is 5.49. The predicted octanol–water partition coefficient (Wildman–Crippen LogP) is 2.81. The lowest BCUT2D eigenvalue weighted by molar-refractivity contribution is 0.209. The molecule has 84 valence electrons. The number of anilines is 2. The molecule has 0 aliphatic rings. The molecule has 0 bridgehead atoms. The average Bonchev–Trinajstić information content (AvgIpc) is 2.20. The smallest absolute Gasteiger partial charge is 0.144 e. The minimum absolute atomic E-state index is 0.189. The molecule has 3 nitrogen and oxygen atoms in total. The first-order valence-electron chi connectivity index (χ1n) is 5.45. The van der Waals surface area contributed by atoms with Crippen LogP contribution >= 0.6 is 0 Å². The van der Waals surface area contributed by atoms with E-state index < -0.39 is 0 Å². The van der Waals surface area contributed by atoms with Crippen molar-refractivity contribution in [3.05, 3.63) is 18.2 Å². The van der Waals surface area contributed by atoms with Crippen LogP contribution < -0.4 is 16.2 Å². The average molecular weight is 208 g/mol. The summed E-state index contributed by atoms with van der Waals surface area (Å²) in [6, 6.07) is 5.33. The number of nitrogen functional groups attached to an aromatic ring is 2. The molecule has 0 saturated carbocycles. The molecule has 3 heteroatoms. The van der Waals surface area contributed by atoms with E-state index in [9.17, 15) is 0 Å². The van der Waals surface area contributed by atoms with Crippen LogP contribution in [-0.2, 0) is 0 Å². The van der Waals surface area contributed by atoms with Gasteiger partial charge in [0.2, 0.25) is 0 Å². The largest absolute Gasteiger partial charge is 0.488 e. The minimum atomic E-state index is 0.189. The van der Waals surface area contributed by atoms with Crippen LogP contribution in [0.25, 0.3) is 0 Å². The van der Waals surface area contributed by atoms with Gasteiger partial charge in [-0.25, -0.2) is 0 Å². The summed E-state index contributed by atoms with van der Waals surface area (Å²) < 4.78 is 5.72. The van der Waals surface area contributed by atoms with Gasteiger partial charge in [-0.15, -0.1) is 0 Å². The Labute approximate surface area is 91.4 Å².